The van der Waals surface area contributed by atoms with E-state index in [9.17, 15) is 4.79 Å². The average molecular weight is 285 g/mol. The highest BCUT2D eigenvalue weighted by atomic mass is 16.1. The van der Waals surface area contributed by atoms with Crippen LogP contribution in [0.1, 0.15) is 17.1 Å². The van der Waals surface area contributed by atoms with Crippen molar-refractivity contribution < 1.29 is 0 Å². The van der Waals surface area contributed by atoms with E-state index in [4.69, 9.17) is 0 Å². The summed E-state index contributed by atoms with van der Waals surface area (Å²) in [7, 11) is 0. The summed E-state index contributed by atoms with van der Waals surface area (Å²) in [6, 6.07) is 3.34. The van der Waals surface area contributed by atoms with Crippen LogP contribution in [0.25, 0.3) is 0 Å². The first kappa shape index (κ1) is 13.9. The SMILES string of the molecule is Cc1cncc(CN2CC(Cn3nc(C)ccc3=O)C2)n1. The van der Waals surface area contributed by atoms with E-state index in [0.717, 1.165) is 36.7 Å². The fraction of sp³-hybridized carbons (Fsp3) is 0.467. The number of aromatic nitrogens is 4. The highest BCUT2D eigenvalue weighted by Crippen LogP contribution is 2.18. The van der Waals surface area contributed by atoms with Crippen LogP contribution in [-0.2, 0) is 13.1 Å². The molecule has 0 atom stereocenters. The van der Waals surface area contributed by atoms with Gasteiger partial charge in [-0.1, -0.05) is 0 Å². The molecule has 1 aliphatic heterocycles. The second-order valence-electron chi connectivity index (χ2n) is 5.71. The van der Waals surface area contributed by atoms with Gasteiger partial charge >= 0.3 is 0 Å². The third kappa shape index (κ3) is 3.33. The molecule has 110 valence electrons. The van der Waals surface area contributed by atoms with Crippen molar-refractivity contribution in [1.29, 1.82) is 0 Å². The molecule has 2 aromatic rings. The first-order valence-corrected chi connectivity index (χ1v) is 7.15. The molecule has 6 nitrogen and oxygen atoms in total. The maximum Gasteiger partial charge on any atom is 0.266 e. The summed E-state index contributed by atoms with van der Waals surface area (Å²) in [5.41, 5.74) is 2.80. The van der Waals surface area contributed by atoms with Crippen LogP contribution in [-0.4, -0.2) is 37.7 Å². The number of aryl methyl sites for hydroxylation is 2. The van der Waals surface area contributed by atoms with Crippen LogP contribution in [0.2, 0.25) is 0 Å². The van der Waals surface area contributed by atoms with Gasteiger partial charge < -0.3 is 0 Å². The molecule has 0 aliphatic carbocycles. The lowest BCUT2D eigenvalue weighted by atomic mass is 10.00. The fourth-order valence-corrected chi connectivity index (χ4v) is 2.67. The summed E-state index contributed by atoms with van der Waals surface area (Å²) in [4.78, 5) is 22.7. The smallest absolute Gasteiger partial charge is 0.266 e. The van der Waals surface area contributed by atoms with Crippen LogP contribution >= 0.6 is 0 Å². The molecule has 0 saturated carbocycles. The molecule has 21 heavy (non-hydrogen) atoms. The van der Waals surface area contributed by atoms with Crippen LogP contribution in [0.5, 0.6) is 0 Å². The van der Waals surface area contributed by atoms with Gasteiger partial charge in [0.05, 0.1) is 23.6 Å². The van der Waals surface area contributed by atoms with Crippen molar-refractivity contribution in [3.05, 3.63) is 52.0 Å². The molecule has 0 aromatic carbocycles. The summed E-state index contributed by atoms with van der Waals surface area (Å²) < 4.78 is 1.57. The molecular weight excluding hydrogens is 266 g/mol. The molecule has 1 aliphatic rings. The highest BCUT2D eigenvalue weighted by molar-refractivity contribution is 5.02. The van der Waals surface area contributed by atoms with E-state index in [-0.39, 0.29) is 5.56 Å². The molecule has 6 heteroatoms. The number of rotatable bonds is 4. The molecular formula is C15H19N5O. The van der Waals surface area contributed by atoms with E-state index in [0.29, 0.717) is 12.5 Å². The molecule has 3 rings (SSSR count). The summed E-state index contributed by atoms with van der Waals surface area (Å²) in [6.07, 6.45) is 3.57. The van der Waals surface area contributed by atoms with Crippen LogP contribution in [0.15, 0.2) is 29.3 Å². The fourth-order valence-electron chi connectivity index (χ4n) is 2.67. The molecule has 1 fully saturated rings. The van der Waals surface area contributed by atoms with Crippen molar-refractivity contribution >= 4 is 0 Å². The number of hydrogen-bond acceptors (Lipinski definition) is 5. The van der Waals surface area contributed by atoms with Crippen LogP contribution in [0.4, 0.5) is 0 Å². The predicted octanol–water partition coefficient (Wildman–Crippen LogP) is 0.782. The monoisotopic (exact) mass is 285 g/mol. The van der Waals surface area contributed by atoms with Crippen molar-refractivity contribution in [2.45, 2.75) is 26.9 Å². The van der Waals surface area contributed by atoms with Crippen molar-refractivity contribution in [2.24, 2.45) is 5.92 Å². The second kappa shape index (κ2) is 5.73. The normalized spacial score (nSPS) is 15.9. The summed E-state index contributed by atoms with van der Waals surface area (Å²) in [6.45, 7) is 7.30. The van der Waals surface area contributed by atoms with Gasteiger partial charge in [-0.15, -0.1) is 0 Å². The Morgan fingerprint density at radius 2 is 2.00 bits per heavy atom. The van der Waals surface area contributed by atoms with Crippen molar-refractivity contribution in [3.63, 3.8) is 0 Å². The van der Waals surface area contributed by atoms with E-state index in [1.54, 1.807) is 23.0 Å². The van der Waals surface area contributed by atoms with Gasteiger partial charge in [0.1, 0.15) is 0 Å². The maximum atomic E-state index is 11.7. The van der Waals surface area contributed by atoms with E-state index >= 15 is 0 Å². The lowest BCUT2D eigenvalue weighted by molar-refractivity contribution is 0.0751. The Bertz CT molecular complexity index is 690. The molecule has 0 N–H and O–H groups in total. The predicted molar refractivity (Wildman–Crippen MR) is 78.8 cm³/mol. The summed E-state index contributed by atoms with van der Waals surface area (Å²) in [5, 5.41) is 4.28. The largest absolute Gasteiger partial charge is 0.297 e. The number of hydrogen-bond donors (Lipinski definition) is 0. The standard InChI is InChI=1S/C15H19N5O/c1-11-3-4-15(21)20(18-11)9-13-7-19(8-13)10-14-6-16-5-12(2)17-14/h3-6,13H,7-10H2,1-2H3. The minimum atomic E-state index is -0.0244. The van der Waals surface area contributed by atoms with E-state index in [1.165, 1.54) is 0 Å². The Kier molecular flexibility index (Phi) is 3.79. The van der Waals surface area contributed by atoms with Gasteiger partial charge in [0, 0.05) is 44.0 Å². The van der Waals surface area contributed by atoms with Crippen LogP contribution in [0.3, 0.4) is 0 Å². The van der Waals surface area contributed by atoms with Crippen molar-refractivity contribution in [3.8, 4) is 0 Å². The summed E-state index contributed by atoms with van der Waals surface area (Å²) >= 11 is 0. The maximum absolute atomic E-state index is 11.7. The van der Waals surface area contributed by atoms with Crippen molar-refractivity contribution in [2.75, 3.05) is 13.1 Å². The Labute approximate surface area is 123 Å². The van der Waals surface area contributed by atoms with Gasteiger partial charge in [-0.25, -0.2) is 4.68 Å². The molecule has 1 saturated heterocycles. The number of likely N-dealkylation sites (tertiary alicyclic amines) is 1. The van der Waals surface area contributed by atoms with Gasteiger partial charge in [0.25, 0.3) is 5.56 Å². The molecule has 0 unspecified atom stereocenters. The Balaban J connectivity index is 1.54. The molecule has 2 aromatic heterocycles. The molecule has 0 spiro atoms. The zero-order valence-corrected chi connectivity index (χ0v) is 12.4. The lowest BCUT2D eigenvalue weighted by Crippen LogP contribution is -2.49. The van der Waals surface area contributed by atoms with Gasteiger partial charge in [-0.3, -0.25) is 19.7 Å². The van der Waals surface area contributed by atoms with Crippen LogP contribution < -0.4 is 5.56 Å². The lowest BCUT2D eigenvalue weighted by Gasteiger charge is -2.38. The number of nitrogens with zero attached hydrogens (tertiary/aromatic N) is 5. The molecule has 0 radical (unpaired) electrons. The molecule has 3 heterocycles. The minimum Gasteiger partial charge on any atom is -0.297 e. The first-order chi connectivity index (χ1) is 10.1. The third-order valence-electron chi connectivity index (χ3n) is 3.65. The van der Waals surface area contributed by atoms with Gasteiger partial charge in [-0.05, 0) is 19.9 Å². The quantitative estimate of drug-likeness (QED) is 0.830. The van der Waals surface area contributed by atoms with E-state index < -0.39 is 0 Å². The minimum absolute atomic E-state index is 0.0244. The summed E-state index contributed by atoms with van der Waals surface area (Å²) in [5.74, 6) is 0.481. The second-order valence-corrected chi connectivity index (χ2v) is 5.71. The van der Waals surface area contributed by atoms with Gasteiger partial charge in [-0.2, -0.15) is 5.10 Å². The zero-order chi connectivity index (χ0) is 14.8. The zero-order valence-electron chi connectivity index (χ0n) is 12.4. The third-order valence-corrected chi connectivity index (χ3v) is 3.65. The van der Waals surface area contributed by atoms with Crippen LogP contribution in [0, 0.1) is 19.8 Å². The molecule has 0 bridgehead atoms. The van der Waals surface area contributed by atoms with Gasteiger partial charge in [0.2, 0.25) is 0 Å². The topological polar surface area (TPSA) is 63.9 Å². The van der Waals surface area contributed by atoms with E-state index in [2.05, 4.69) is 20.0 Å². The Hall–Kier alpha value is -2.08. The Morgan fingerprint density at radius 1 is 1.19 bits per heavy atom. The van der Waals surface area contributed by atoms with Crippen molar-refractivity contribution in [1.82, 2.24) is 24.6 Å². The first-order valence-electron chi connectivity index (χ1n) is 7.15. The molecule has 0 amide bonds. The van der Waals surface area contributed by atoms with Gasteiger partial charge in [0.15, 0.2) is 0 Å². The highest BCUT2D eigenvalue weighted by Gasteiger charge is 2.27. The van der Waals surface area contributed by atoms with E-state index in [1.807, 2.05) is 20.0 Å². The average Bonchev–Trinajstić information content (AvgIpc) is 2.40. The Morgan fingerprint density at radius 3 is 2.76 bits per heavy atom.